The summed E-state index contributed by atoms with van der Waals surface area (Å²) in [5.74, 6) is -0.187. The Hall–Kier alpha value is -1.64. The van der Waals surface area contributed by atoms with Crippen LogP contribution < -0.4 is 4.72 Å². The van der Waals surface area contributed by atoms with Gasteiger partial charge in [0, 0.05) is 24.7 Å². The standard InChI is InChI=1S/C19H27ClN2O5S/c1-14-6-8-16(9-7-14)22(2)18(23)13-27-19(24)10-11-21-28(25,26)17-5-3-4-15(20)12-17/h3-5,12,14,16,21H,6-11,13H2,1-2H3. The van der Waals surface area contributed by atoms with Crippen LogP contribution in [0.2, 0.25) is 5.02 Å². The zero-order chi connectivity index (χ0) is 20.7. The second-order valence-electron chi connectivity index (χ2n) is 7.18. The number of ether oxygens (including phenoxy) is 1. The van der Waals surface area contributed by atoms with Crippen molar-refractivity contribution in [1.29, 1.82) is 0 Å². The van der Waals surface area contributed by atoms with Crippen molar-refractivity contribution in [2.24, 2.45) is 5.92 Å². The molecule has 0 unspecified atom stereocenters. The van der Waals surface area contributed by atoms with Crippen LogP contribution in [-0.4, -0.2) is 51.4 Å². The summed E-state index contributed by atoms with van der Waals surface area (Å²) in [6.07, 6.45) is 3.94. The molecule has 2 rings (SSSR count). The number of nitrogens with zero attached hydrogens (tertiary/aromatic N) is 1. The minimum absolute atomic E-state index is 0.0203. The number of hydrogen-bond donors (Lipinski definition) is 1. The number of rotatable bonds is 8. The van der Waals surface area contributed by atoms with Crippen molar-refractivity contribution in [3.8, 4) is 0 Å². The van der Waals surface area contributed by atoms with Gasteiger partial charge in [0.15, 0.2) is 6.61 Å². The zero-order valence-corrected chi connectivity index (χ0v) is 17.8. The van der Waals surface area contributed by atoms with E-state index in [2.05, 4.69) is 11.6 Å². The molecular formula is C19H27ClN2O5S. The summed E-state index contributed by atoms with van der Waals surface area (Å²) in [5.41, 5.74) is 0. The average molecular weight is 431 g/mol. The maximum atomic E-state index is 12.2. The molecule has 0 aromatic heterocycles. The fraction of sp³-hybridized carbons (Fsp3) is 0.579. The molecule has 0 heterocycles. The quantitative estimate of drug-likeness (QED) is 0.640. The van der Waals surface area contributed by atoms with Gasteiger partial charge >= 0.3 is 5.97 Å². The molecule has 7 nitrogen and oxygen atoms in total. The highest BCUT2D eigenvalue weighted by Gasteiger charge is 2.25. The number of hydrogen-bond acceptors (Lipinski definition) is 5. The molecule has 0 saturated heterocycles. The Morgan fingerprint density at radius 3 is 2.57 bits per heavy atom. The molecule has 28 heavy (non-hydrogen) atoms. The number of halogens is 1. The second kappa shape index (κ2) is 10.2. The highest BCUT2D eigenvalue weighted by Crippen LogP contribution is 2.26. The fourth-order valence-corrected chi connectivity index (χ4v) is 4.49. The van der Waals surface area contributed by atoms with E-state index >= 15 is 0 Å². The van der Waals surface area contributed by atoms with Gasteiger partial charge in [-0.1, -0.05) is 24.6 Å². The normalized spacial score (nSPS) is 19.8. The van der Waals surface area contributed by atoms with E-state index in [1.165, 1.54) is 18.2 Å². The molecule has 0 radical (unpaired) electrons. The summed E-state index contributed by atoms with van der Waals surface area (Å²) in [6.45, 7) is 1.75. The van der Waals surface area contributed by atoms with E-state index in [1.54, 1.807) is 18.0 Å². The third kappa shape index (κ3) is 6.76. The van der Waals surface area contributed by atoms with Gasteiger partial charge in [-0.15, -0.1) is 0 Å². The van der Waals surface area contributed by atoms with Crippen LogP contribution >= 0.6 is 11.6 Å². The van der Waals surface area contributed by atoms with Gasteiger partial charge in [-0.25, -0.2) is 13.1 Å². The summed E-state index contributed by atoms with van der Waals surface area (Å²) in [6, 6.07) is 6.02. The van der Waals surface area contributed by atoms with E-state index in [9.17, 15) is 18.0 Å². The van der Waals surface area contributed by atoms with Gasteiger partial charge in [-0.05, 0) is 49.8 Å². The Kier molecular flexibility index (Phi) is 8.27. The van der Waals surface area contributed by atoms with E-state index < -0.39 is 16.0 Å². The third-order valence-corrected chi connectivity index (χ3v) is 6.70. The lowest BCUT2D eigenvalue weighted by Crippen LogP contribution is -2.41. The number of nitrogens with one attached hydrogen (secondary N) is 1. The fourth-order valence-electron chi connectivity index (χ4n) is 3.15. The second-order valence-corrected chi connectivity index (χ2v) is 9.39. The van der Waals surface area contributed by atoms with Crippen molar-refractivity contribution < 1.29 is 22.7 Å². The monoisotopic (exact) mass is 430 g/mol. The summed E-state index contributed by atoms with van der Waals surface area (Å²) >= 11 is 5.79. The number of likely N-dealkylation sites (N-methyl/N-ethyl adjacent to an activating group) is 1. The Morgan fingerprint density at radius 2 is 1.93 bits per heavy atom. The molecule has 1 aliphatic rings. The molecule has 156 valence electrons. The van der Waals surface area contributed by atoms with Crippen LogP contribution in [0, 0.1) is 5.92 Å². The highest BCUT2D eigenvalue weighted by atomic mass is 35.5. The van der Waals surface area contributed by atoms with Gasteiger partial charge in [0.05, 0.1) is 11.3 Å². The molecule has 1 N–H and O–H groups in total. The number of esters is 1. The topological polar surface area (TPSA) is 92.8 Å². The van der Waals surface area contributed by atoms with Crippen LogP contribution in [-0.2, 0) is 24.3 Å². The lowest BCUT2D eigenvalue weighted by molar-refractivity contribution is -0.152. The van der Waals surface area contributed by atoms with Crippen molar-refractivity contribution in [2.75, 3.05) is 20.2 Å². The summed E-state index contributed by atoms with van der Waals surface area (Å²) < 4.78 is 31.6. The van der Waals surface area contributed by atoms with Crippen molar-refractivity contribution >= 4 is 33.5 Å². The SMILES string of the molecule is CC1CCC(N(C)C(=O)COC(=O)CCNS(=O)(=O)c2cccc(Cl)c2)CC1. The minimum atomic E-state index is -3.76. The average Bonchev–Trinajstić information content (AvgIpc) is 2.66. The van der Waals surface area contributed by atoms with Crippen LogP contribution in [0.25, 0.3) is 0 Å². The number of amides is 1. The number of benzene rings is 1. The maximum absolute atomic E-state index is 12.2. The molecule has 9 heteroatoms. The van der Waals surface area contributed by atoms with E-state index in [0.29, 0.717) is 10.9 Å². The van der Waals surface area contributed by atoms with Gasteiger partial charge in [0.1, 0.15) is 0 Å². The Morgan fingerprint density at radius 1 is 1.25 bits per heavy atom. The van der Waals surface area contributed by atoms with E-state index in [-0.39, 0.29) is 36.4 Å². The molecule has 0 atom stereocenters. The van der Waals surface area contributed by atoms with E-state index in [4.69, 9.17) is 16.3 Å². The summed E-state index contributed by atoms with van der Waals surface area (Å²) in [5, 5.41) is 0.303. The van der Waals surface area contributed by atoms with Crippen LogP contribution in [0.4, 0.5) is 0 Å². The first kappa shape index (κ1) is 22.6. The Balaban J connectivity index is 1.71. The van der Waals surface area contributed by atoms with Crippen LogP contribution in [0.15, 0.2) is 29.2 Å². The molecule has 0 spiro atoms. The number of sulfonamides is 1. The van der Waals surface area contributed by atoms with Crippen molar-refractivity contribution in [3.63, 3.8) is 0 Å². The van der Waals surface area contributed by atoms with Gasteiger partial charge in [0.2, 0.25) is 10.0 Å². The predicted molar refractivity (Wildman–Crippen MR) is 106 cm³/mol. The van der Waals surface area contributed by atoms with E-state index in [0.717, 1.165) is 25.7 Å². The molecule has 1 fully saturated rings. The molecular weight excluding hydrogens is 404 g/mol. The van der Waals surface area contributed by atoms with Crippen LogP contribution in [0.1, 0.15) is 39.0 Å². The van der Waals surface area contributed by atoms with Crippen LogP contribution in [0.3, 0.4) is 0 Å². The minimum Gasteiger partial charge on any atom is -0.456 e. The summed E-state index contributed by atoms with van der Waals surface area (Å²) in [7, 11) is -2.03. The zero-order valence-electron chi connectivity index (χ0n) is 16.2. The smallest absolute Gasteiger partial charge is 0.307 e. The van der Waals surface area contributed by atoms with Gasteiger partial charge in [-0.2, -0.15) is 0 Å². The molecule has 1 amide bonds. The predicted octanol–water partition coefficient (Wildman–Crippen LogP) is 2.59. The first-order chi connectivity index (χ1) is 13.2. The lowest BCUT2D eigenvalue weighted by Gasteiger charge is -2.33. The van der Waals surface area contributed by atoms with Crippen molar-refractivity contribution in [2.45, 2.75) is 50.0 Å². The third-order valence-electron chi connectivity index (χ3n) is 5.01. The molecule has 0 aliphatic heterocycles. The van der Waals surface area contributed by atoms with Crippen molar-refractivity contribution in [1.82, 2.24) is 9.62 Å². The first-order valence-corrected chi connectivity index (χ1v) is 11.2. The highest BCUT2D eigenvalue weighted by molar-refractivity contribution is 7.89. The van der Waals surface area contributed by atoms with Gasteiger partial charge in [0.25, 0.3) is 5.91 Å². The molecule has 0 bridgehead atoms. The summed E-state index contributed by atoms with van der Waals surface area (Å²) in [4.78, 5) is 25.7. The van der Waals surface area contributed by atoms with E-state index in [1.807, 2.05) is 0 Å². The van der Waals surface area contributed by atoms with Gasteiger partial charge in [-0.3, -0.25) is 9.59 Å². The van der Waals surface area contributed by atoms with Crippen molar-refractivity contribution in [3.05, 3.63) is 29.3 Å². The lowest BCUT2D eigenvalue weighted by atomic mass is 9.87. The first-order valence-electron chi connectivity index (χ1n) is 9.35. The molecule has 1 saturated carbocycles. The molecule has 1 aromatic rings. The molecule has 1 aromatic carbocycles. The van der Waals surface area contributed by atoms with Crippen LogP contribution in [0.5, 0.6) is 0 Å². The van der Waals surface area contributed by atoms with Gasteiger partial charge < -0.3 is 9.64 Å². The Bertz CT molecular complexity index is 791. The number of carbonyl (C=O) groups is 2. The largest absolute Gasteiger partial charge is 0.456 e. The molecule has 1 aliphatic carbocycles. The maximum Gasteiger partial charge on any atom is 0.307 e. The Labute approximate surface area is 171 Å². The number of carbonyl (C=O) groups excluding carboxylic acids is 2.